The highest BCUT2D eigenvalue weighted by atomic mass is 79.9. The Morgan fingerprint density at radius 3 is 2.58 bits per heavy atom. The van der Waals surface area contributed by atoms with E-state index in [1.54, 1.807) is 7.11 Å². The SMILES string of the molecule is COc1c(Br)cc(CC2CCNCC2)cc1C(C)C. The first kappa shape index (κ1) is 14.9. The number of rotatable bonds is 4. The van der Waals surface area contributed by atoms with Crippen molar-refractivity contribution in [2.24, 2.45) is 5.92 Å². The summed E-state index contributed by atoms with van der Waals surface area (Å²) >= 11 is 3.65. The van der Waals surface area contributed by atoms with Crippen molar-refractivity contribution in [1.82, 2.24) is 5.32 Å². The molecule has 0 unspecified atom stereocenters. The van der Waals surface area contributed by atoms with Gasteiger partial charge >= 0.3 is 0 Å². The van der Waals surface area contributed by atoms with Crippen LogP contribution in [0.4, 0.5) is 0 Å². The molecule has 0 aromatic heterocycles. The Morgan fingerprint density at radius 2 is 2.00 bits per heavy atom. The second kappa shape index (κ2) is 6.76. The summed E-state index contributed by atoms with van der Waals surface area (Å²) < 4.78 is 6.61. The summed E-state index contributed by atoms with van der Waals surface area (Å²) in [6.45, 7) is 6.77. The molecule has 0 atom stereocenters. The van der Waals surface area contributed by atoms with Crippen LogP contribution >= 0.6 is 15.9 Å². The van der Waals surface area contributed by atoms with Gasteiger partial charge in [0.05, 0.1) is 11.6 Å². The van der Waals surface area contributed by atoms with Crippen molar-refractivity contribution in [2.75, 3.05) is 20.2 Å². The molecule has 3 heteroatoms. The lowest BCUT2D eigenvalue weighted by Gasteiger charge is -2.23. The van der Waals surface area contributed by atoms with Gasteiger partial charge < -0.3 is 10.1 Å². The number of methoxy groups -OCH3 is 1. The zero-order valence-corrected chi connectivity index (χ0v) is 13.7. The molecule has 1 saturated heterocycles. The number of ether oxygens (including phenoxy) is 1. The van der Waals surface area contributed by atoms with E-state index in [1.165, 1.54) is 43.5 Å². The van der Waals surface area contributed by atoms with E-state index in [0.29, 0.717) is 5.92 Å². The van der Waals surface area contributed by atoms with Crippen molar-refractivity contribution in [3.05, 3.63) is 27.7 Å². The number of piperidine rings is 1. The van der Waals surface area contributed by atoms with Crippen LogP contribution in [0.25, 0.3) is 0 Å². The summed E-state index contributed by atoms with van der Waals surface area (Å²) in [5.74, 6) is 2.30. The van der Waals surface area contributed by atoms with Crippen LogP contribution in [0.15, 0.2) is 16.6 Å². The minimum Gasteiger partial charge on any atom is -0.495 e. The van der Waals surface area contributed by atoms with Crippen molar-refractivity contribution < 1.29 is 4.74 Å². The molecule has 0 radical (unpaired) electrons. The van der Waals surface area contributed by atoms with Crippen LogP contribution in [0.1, 0.15) is 43.7 Å². The molecule has 2 nitrogen and oxygen atoms in total. The van der Waals surface area contributed by atoms with E-state index in [0.717, 1.165) is 16.1 Å². The molecular formula is C16H24BrNO. The summed E-state index contributed by atoms with van der Waals surface area (Å²) in [4.78, 5) is 0. The normalized spacial score (nSPS) is 16.9. The van der Waals surface area contributed by atoms with E-state index in [2.05, 4.69) is 47.2 Å². The van der Waals surface area contributed by atoms with Crippen molar-refractivity contribution in [3.63, 3.8) is 0 Å². The van der Waals surface area contributed by atoms with Gasteiger partial charge in [-0.25, -0.2) is 0 Å². The molecule has 0 saturated carbocycles. The predicted molar refractivity (Wildman–Crippen MR) is 84.1 cm³/mol. The molecule has 2 rings (SSSR count). The summed E-state index contributed by atoms with van der Waals surface area (Å²) in [5, 5.41) is 3.43. The lowest BCUT2D eigenvalue weighted by Crippen LogP contribution is -2.28. The molecule has 1 aromatic rings. The first-order valence-corrected chi connectivity index (χ1v) is 7.98. The van der Waals surface area contributed by atoms with E-state index in [4.69, 9.17) is 4.74 Å². The van der Waals surface area contributed by atoms with E-state index >= 15 is 0 Å². The topological polar surface area (TPSA) is 21.3 Å². The van der Waals surface area contributed by atoms with Gasteiger partial charge in [-0.15, -0.1) is 0 Å². The van der Waals surface area contributed by atoms with Crippen molar-refractivity contribution in [1.29, 1.82) is 0 Å². The molecule has 19 heavy (non-hydrogen) atoms. The molecule has 1 fully saturated rings. The Labute approximate surface area is 125 Å². The smallest absolute Gasteiger partial charge is 0.136 e. The highest BCUT2D eigenvalue weighted by Gasteiger charge is 2.17. The third-order valence-electron chi connectivity index (χ3n) is 3.94. The molecule has 0 spiro atoms. The number of benzene rings is 1. The quantitative estimate of drug-likeness (QED) is 0.898. The summed E-state index contributed by atoms with van der Waals surface area (Å²) in [6, 6.07) is 4.56. The summed E-state index contributed by atoms with van der Waals surface area (Å²) in [5.41, 5.74) is 2.74. The maximum Gasteiger partial charge on any atom is 0.136 e. The molecule has 1 aliphatic heterocycles. The average molecular weight is 326 g/mol. The number of nitrogens with one attached hydrogen (secondary N) is 1. The summed E-state index contributed by atoms with van der Waals surface area (Å²) in [7, 11) is 1.75. The largest absolute Gasteiger partial charge is 0.495 e. The first-order valence-electron chi connectivity index (χ1n) is 7.18. The Hall–Kier alpha value is -0.540. The second-order valence-electron chi connectivity index (χ2n) is 5.75. The first-order chi connectivity index (χ1) is 9.11. The molecule has 106 valence electrons. The van der Waals surface area contributed by atoms with E-state index < -0.39 is 0 Å². The van der Waals surface area contributed by atoms with Gasteiger partial charge in [0.2, 0.25) is 0 Å². The molecule has 1 N–H and O–H groups in total. The van der Waals surface area contributed by atoms with Crippen molar-refractivity contribution in [3.8, 4) is 5.75 Å². The van der Waals surface area contributed by atoms with E-state index in [-0.39, 0.29) is 0 Å². The maximum absolute atomic E-state index is 5.53. The van der Waals surface area contributed by atoms with Gasteiger partial charge in [0, 0.05) is 0 Å². The third kappa shape index (κ3) is 3.73. The fourth-order valence-electron chi connectivity index (χ4n) is 2.85. The standard InChI is InChI=1S/C16H24BrNO/c1-11(2)14-9-13(10-15(17)16(14)19-3)8-12-4-6-18-7-5-12/h9-12,18H,4-8H2,1-3H3. The lowest BCUT2D eigenvalue weighted by molar-refractivity contribution is 0.371. The molecule has 0 aliphatic carbocycles. The number of halogens is 1. The van der Waals surface area contributed by atoms with Gasteiger partial charge in [-0.1, -0.05) is 19.9 Å². The lowest BCUT2D eigenvalue weighted by atomic mass is 9.89. The Kier molecular flexibility index (Phi) is 5.28. The fraction of sp³-hybridized carbons (Fsp3) is 0.625. The highest BCUT2D eigenvalue weighted by molar-refractivity contribution is 9.10. The van der Waals surface area contributed by atoms with Crippen LogP contribution in [0.2, 0.25) is 0 Å². The predicted octanol–water partition coefficient (Wildman–Crippen LogP) is 4.12. The van der Waals surface area contributed by atoms with Gasteiger partial charge in [-0.2, -0.15) is 0 Å². The van der Waals surface area contributed by atoms with Crippen LogP contribution in [0.3, 0.4) is 0 Å². The molecule has 1 aliphatic rings. The van der Waals surface area contributed by atoms with E-state index in [1.807, 2.05) is 0 Å². The van der Waals surface area contributed by atoms with Crippen LogP contribution < -0.4 is 10.1 Å². The van der Waals surface area contributed by atoms with Crippen LogP contribution in [0, 0.1) is 5.92 Å². The molecule has 0 amide bonds. The molecular weight excluding hydrogens is 302 g/mol. The van der Waals surface area contributed by atoms with Crippen LogP contribution in [-0.2, 0) is 6.42 Å². The fourth-order valence-corrected chi connectivity index (χ4v) is 3.54. The van der Waals surface area contributed by atoms with Crippen molar-refractivity contribution >= 4 is 15.9 Å². The Bertz CT molecular complexity index is 425. The van der Waals surface area contributed by atoms with Crippen molar-refractivity contribution in [2.45, 2.75) is 39.0 Å². The van der Waals surface area contributed by atoms with Gasteiger partial charge in [0.25, 0.3) is 0 Å². The zero-order chi connectivity index (χ0) is 13.8. The van der Waals surface area contributed by atoms with Gasteiger partial charge in [0.15, 0.2) is 0 Å². The minimum atomic E-state index is 0.485. The summed E-state index contributed by atoms with van der Waals surface area (Å²) in [6.07, 6.45) is 3.77. The highest BCUT2D eigenvalue weighted by Crippen LogP contribution is 2.36. The number of hydrogen-bond acceptors (Lipinski definition) is 2. The Balaban J connectivity index is 2.21. The van der Waals surface area contributed by atoms with Crippen LogP contribution in [-0.4, -0.2) is 20.2 Å². The van der Waals surface area contributed by atoms with Gasteiger partial charge in [0.1, 0.15) is 5.75 Å². The monoisotopic (exact) mass is 325 g/mol. The van der Waals surface area contributed by atoms with Crippen LogP contribution in [0.5, 0.6) is 5.75 Å². The Morgan fingerprint density at radius 1 is 1.32 bits per heavy atom. The van der Waals surface area contributed by atoms with Gasteiger partial charge in [-0.05, 0) is 77.3 Å². The zero-order valence-electron chi connectivity index (χ0n) is 12.1. The van der Waals surface area contributed by atoms with Gasteiger partial charge in [-0.3, -0.25) is 0 Å². The molecule has 0 bridgehead atoms. The van der Waals surface area contributed by atoms with E-state index in [9.17, 15) is 0 Å². The second-order valence-corrected chi connectivity index (χ2v) is 6.61. The minimum absolute atomic E-state index is 0.485. The molecule has 1 heterocycles. The molecule has 1 aromatic carbocycles. The third-order valence-corrected chi connectivity index (χ3v) is 4.53. The average Bonchev–Trinajstić information content (AvgIpc) is 2.39. The number of hydrogen-bond donors (Lipinski definition) is 1. The maximum atomic E-state index is 5.53.